The summed E-state index contributed by atoms with van der Waals surface area (Å²) in [5.41, 5.74) is 0.905. The van der Waals surface area contributed by atoms with Gasteiger partial charge in [0.2, 0.25) is 10.0 Å². The van der Waals surface area contributed by atoms with Crippen molar-refractivity contribution in [3.05, 3.63) is 59.4 Å². The standard InChI is InChI=1S/C22H23F3N2O5S/c1-3-4-15-5-7-17(18(13-15)31-2)32-14-20(28)26-9-11-27(12-10-26)33(29,30)19-8-6-16(23)21(24)22(19)25/h3-8,13H,9-12,14H2,1-2H3/b4-3+. The van der Waals surface area contributed by atoms with Crippen molar-refractivity contribution in [2.45, 2.75) is 11.8 Å². The SMILES string of the molecule is C/C=C/c1ccc(OCC(=O)N2CCN(S(=O)(=O)c3ccc(F)c(F)c3F)CC2)c(OC)c1. The van der Waals surface area contributed by atoms with E-state index in [1.165, 1.54) is 12.0 Å². The van der Waals surface area contributed by atoms with Gasteiger partial charge in [0, 0.05) is 26.2 Å². The summed E-state index contributed by atoms with van der Waals surface area (Å²) >= 11 is 0. The van der Waals surface area contributed by atoms with Gasteiger partial charge in [-0.2, -0.15) is 4.31 Å². The summed E-state index contributed by atoms with van der Waals surface area (Å²) in [6.45, 7) is 1.40. The summed E-state index contributed by atoms with van der Waals surface area (Å²) < 4.78 is 77.7. The van der Waals surface area contributed by atoms with Crippen molar-refractivity contribution < 1.29 is 35.9 Å². The number of nitrogens with zero attached hydrogens (tertiary/aromatic N) is 2. The number of sulfonamides is 1. The topological polar surface area (TPSA) is 76.2 Å². The second kappa shape index (κ2) is 10.3. The molecule has 0 bridgehead atoms. The first-order valence-electron chi connectivity index (χ1n) is 10.0. The molecule has 1 aliphatic heterocycles. The molecule has 0 N–H and O–H groups in total. The average molecular weight is 484 g/mol. The number of methoxy groups -OCH3 is 1. The van der Waals surface area contributed by atoms with Crippen molar-refractivity contribution in [2.24, 2.45) is 0 Å². The monoisotopic (exact) mass is 484 g/mol. The van der Waals surface area contributed by atoms with Crippen LogP contribution in [-0.4, -0.2) is 63.4 Å². The van der Waals surface area contributed by atoms with Crippen LogP contribution in [-0.2, 0) is 14.8 Å². The Kier molecular flexibility index (Phi) is 7.65. The fraction of sp³-hybridized carbons (Fsp3) is 0.318. The summed E-state index contributed by atoms with van der Waals surface area (Å²) in [5, 5.41) is 0. The van der Waals surface area contributed by atoms with Gasteiger partial charge < -0.3 is 14.4 Å². The fourth-order valence-corrected chi connectivity index (χ4v) is 4.83. The highest BCUT2D eigenvalue weighted by Crippen LogP contribution is 2.29. The second-order valence-electron chi connectivity index (χ2n) is 7.16. The third kappa shape index (κ3) is 5.31. The number of hydrogen-bond acceptors (Lipinski definition) is 5. The predicted molar refractivity (Wildman–Crippen MR) is 115 cm³/mol. The molecule has 3 rings (SSSR count). The summed E-state index contributed by atoms with van der Waals surface area (Å²) in [6, 6.07) is 6.50. The van der Waals surface area contributed by atoms with Gasteiger partial charge in [0.05, 0.1) is 7.11 Å². The number of carbonyl (C=O) groups is 1. The molecular weight excluding hydrogens is 461 g/mol. The number of piperazine rings is 1. The lowest BCUT2D eigenvalue weighted by Crippen LogP contribution is -2.51. The molecule has 1 amide bonds. The van der Waals surface area contributed by atoms with E-state index in [-0.39, 0.29) is 38.7 Å². The van der Waals surface area contributed by atoms with Gasteiger partial charge in [-0.25, -0.2) is 21.6 Å². The third-order valence-corrected chi connectivity index (χ3v) is 7.02. The Morgan fingerprint density at radius 3 is 2.36 bits per heavy atom. The van der Waals surface area contributed by atoms with Gasteiger partial charge in [-0.3, -0.25) is 4.79 Å². The van der Waals surface area contributed by atoms with E-state index in [1.54, 1.807) is 12.1 Å². The molecule has 0 unspecified atom stereocenters. The fourth-order valence-electron chi connectivity index (χ4n) is 3.35. The van der Waals surface area contributed by atoms with Gasteiger partial charge in [0.1, 0.15) is 4.90 Å². The molecule has 1 heterocycles. The molecule has 0 radical (unpaired) electrons. The zero-order chi connectivity index (χ0) is 24.2. The van der Waals surface area contributed by atoms with Crippen molar-refractivity contribution in [1.29, 1.82) is 0 Å². The summed E-state index contributed by atoms with van der Waals surface area (Å²) in [6.07, 6.45) is 3.76. The number of allylic oxidation sites excluding steroid dienone is 1. The Bertz CT molecular complexity index is 1160. The zero-order valence-corrected chi connectivity index (χ0v) is 18.9. The van der Waals surface area contributed by atoms with Crippen LogP contribution in [0, 0.1) is 17.5 Å². The van der Waals surface area contributed by atoms with E-state index in [9.17, 15) is 26.4 Å². The van der Waals surface area contributed by atoms with E-state index < -0.39 is 32.4 Å². The largest absolute Gasteiger partial charge is 0.493 e. The van der Waals surface area contributed by atoms with Crippen molar-refractivity contribution >= 4 is 22.0 Å². The first-order valence-corrected chi connectivity index (χ1v) is 11.5. The van der Waals surface area contributed by atoms with E-state index in [2.05, 4.69) is 0 Å². The first kappa shape index (κ1) is 24.6. The van der Waals surface area contributed by atoms with Crippen LogP contribution in [0.4, 0.5) is 13.2 Å². The molecule has 0 atom stereocenters. The van der Waals surface area contributed by atoms with Crippen LogP contribution in [0.5, 0.6) is 11.5 Å². The van der Waals surface area contributed by atoms with Crippen LogP contribution in [0.25, 0.3) is 6.08 Å². The van der Waals surface area contributed by atoms with E-state index in [0.717, 1.165) is 9.87 Å². The summed E-state index contributed by atoms with van der Waals surface area (Å²) in [5.74, 6) is -4.62. The van der Waals surface area contributed by atoms with Crippen LogP contribution >= 0.6 is 0 Å². The first-order chi connectivity index (χ1) is 15.7. The zero-order valence-electron chi connectivity index (χ0n) is 18.1. The van der Waals surface area contributed by atoms with E-state index >= 15 is 0 Å². The molecule has 33 heavy (non-hydrogen) atoms. The third-order valence-electron chi connectivity index (χ3n) is 5.11. The molecule has 1 fully saturated rings. The van der Waals surface area contributed by atoms with Gasteiger partial charge in [0.25, 0.3) is 5.91 Å². The van der Waals surface area contributed by atoms with E-state index in [0.29, 0.717) is 23.6 Å². The van der Waals surface area contributed by atoms with Gasteiger partial charge in [0.15, 0.2) is 35.6 Å². The lowest BCUT2D eigenvalue weighted by Gasteiger charge is -2.34. The minimum absolute atomic E-state index is 0.0318. The highest BCUT2D eigenvalue weighted by molar-refractivity contribution is 7.89. The Morgan fingerprint density at radius 2 is 1.73 bits per heavy atom. The second-order valence-corrected chi connectivity index (χ2v) is 9.06. The molecule has 178 valence electrons. The number of benzene rings is 2. The predicted octanol–water partition coefficient (Wildman–Crippen LogP) is 3.06. The maximum Gasteiger partial charge on any atom is 0.260 e. The van der Waals surface area contributed by atoms with Crippen LogP contribution in [0.2, 0.25) is 0 Å². The number of ether oxygens (including phenoxy) is 2. The molecule has 0 aromatic heterocycles. The van der Waals surface area contributed by atoms with Gasteiger partial charge in [-0.15, -0.1) is 0 Å². The highest BCUT2D eigenvalue weighted by atomic mass is 32.2. The molecule has 1 aliphatic rings. The normalized spacial score (nSPS) is 15.1. The minimum Gasteiger partial charge on any atom is -0.493 e. The van der Waals surface area contributed by atoms with Gasteiger partial charge in [-0.1, -0.05) is 18.2 Å². The van der Waals surface area contributed by atoms with Crippen molar-refractivity contribution in [3.8, 4) is 11.5 Å². The molecule has 2 aromatic carbocycles. The smallest absolute Gasteiger partial charge is 0.260 e. The maximum atomic E-state index is 14.0. The number of carbonyl (C=O) groups excluding carboxylic acids is 1. The summed E-state index contributed by atoms with van der Waals surface area (Å²) in [4.78, 5) is 13.0. The Balaban J connectivity index is 1.61. The lowest BCUT2D eigenvalue weighted by atomic mass is 10.2. The van der Waals surface area contributed by atoms with E-state index in [4.69, 9.17) is 9.47 Å². The van der Waals surface area contributed by atoms with Crippen molar-refractivity contribution in [3.63, 3.8) is 0 Å². The number of hydrogen-bond donors (Lipinski definition) is 0. The molecule has 0 spiro atoms. The molecule has 1 saturated heterocycles. The minimum atomic E-state index is -4.39. The van der Waals surface area contributed by atoms with Crippen molar-refractivity contribution in [2.75, 3.05) is 39.9 Å². The summed E-state index contributed by atoms with van der Waals surface area (Å²) in [7, 11) is -2.91. The molecule has 0 aliphatic carbocycles. The quantitative estimate of drug-likeness (QED) is 0.565. The van der Waals surface area contributed by atoms with E-state index in [1.807, 2.05) is 25.1 Å². The Morgan fingerprint density at radius 1 is 1.03 bits per heavy atom. The Labute approximate surface area is 190 Å². The molecule has 7 nitrogen and oxygen atoms in total. The van der Waals surface area contributed by atoms with Crippen LogP contribution < -0.4 is 9.47 Å². The van der Waals surface area contributed by atoms with Crippen LogP contribution in [0.3, 0.4) is 0 Å². The molecule has 11 heteroatoms. The average Bonchev–Trinajstić information content (AvgIpc) is 2.81. The van der Waals surface area contributed by atoms with Crippen LogP contribution in [0.1, 0.15) is 12.5 Å². The van der Waals surface area contributed by atoms with Crippen molar-refractivity contribution in [1.82, 2.24) is 9.21 Å². The number of rotatable bonds is 7. The molecule has 0 saturated carbocycles. The van der Waals surface area contributed by atoms with Gasteiger partial charge in [-0.05, 0) is 36.8 Å². The molecule has 2 aromatic rings. The van der Waals surface area contributed by atoms with Gasteiger partial charge >= 0.3 is 0 Å². The number of amides is 1. The van der Waals surface area contributed by atoms with Crippen LogP contribution in [0.15, 0.2) is 41.3 Å². The Hall–Kier alpha value is -3.05. The molecular formula is C22H23F3N2O5S. The lowest BCUT2D eigenvalue weighted by molar-refractivity contribution is -0.134. The highest BCUT2D eigenvalue weighted by Gasteiger charge is 2.33. The number of halogens is 3. The maximum absolute atomic E-state index is 14.0.